The molecule has 2 rings (SSSR count). The van der Waals surface area contributed by atoms with Crippen molar-refractivity contribution in [1.82, 2.24) is 9.97 Å². The van der Waals surface area contributed by atoms with Gasteiger partial charge in [0.2, 0.25) is 0 Å². The summed E-state index contributed by atoms with van der Waals surface area (Å²) >= 11 is 0. The molecule has 0 spiro atoms. The fraction of sp³-hybridized carbons (Fsp3) is 0.429. The molecule has 0 fully saturated rings. The molecule has 0 aliphatic carbocycles. The summed E-state index contributed by atoms with van der Waals surface area (Å²) in [6, 6.07) is 5.92. The van der Waals surface area contributed by atoms with Crippen LogP contribution in [0.15, 0.2) is 18.2 Å². The molecular formula is C14H19N3O. The van der Waals surface area contributed by atoms with Gasteiger partial charge in [-0.2, -0.15) is 0 Å². The Hall–Kier alpha value is -1.84. The molecule has 1 aromatic heterocycles. The zero-order valence-corrected chi connectivity index (χ0v) is 11.4. The highest BCUT2D eigenvalue weighted by Gasteiger charge is 2.11. The molecule has 0 saturated carbocycles. The molecule has 0 bridgehead atoms. The van der Waals surface area contributed by atoms with Gasteiger partial charge in [-0.15, -0.1) is 0 Å². The Morgan fingerprint density at radius 2 is 1.89 bits per heavy atom. The summed E-state index contributed by atoms with van der Waals surface area (Å²) in [5.41, 5.74) is 0.963. The van der Waals surface area contributed by atoms with Gasteiger partial charge in [-0.25, -0.2) is 9.97 Å². The van der Waals surface area contributed by atoms with Gasteiger partial charge in [0.05, 0.1) is 12.6 Å². The molecule has 0 atom stereocenters. The zero-order chi connectivity index (χ0) is 13.1. The van der Waals surface area contributed by atoms with Gasteiger partial charge in [0.1, 0.15) is 17.4 Å². The van der Waals surface area contributed by atoms with E-state index >= 15 is 0 Å². The van der Waals surface area contributed by atoms with Crippen molar-refractivity contribution in [2.45, 2.75) is 20.8 Å². The SMILES string of the molecule is CCN(CC)c1nc(C)nc2ccc(OC)cc12. The number of nitrogens with zero attached hydrogens (tertiary/aromatic N) is 3. The van der Waals surface area contributed by atoms with Crippen LogP contribution in [0, 0.1) is 6.92 Å². The van der Waals surface area contributed by atoms with Crippen molar-refractivity contribution in [2.24, 2.45) is 0 Å². The summed E-state index contributed by atoms with van der Waals surface area (Å²) in [4.78, 5) is 11.3. The Balaban J connectivity index is 2.68. The average molecular weight is 245 g/mol. The van der Waals surface area contributed by atoms with Crippen LogP contribution in [0.3, 0.4) is 0 Å². The second-order valence-corrected chi connectivity index (χ2v) is 4.15. The molecule has 4 heteroatoms. The molecule has 18 heavy (non-hydrogen) atoms. The number of ether oxygens (including phenoxy) is 1. The quantitative estimate of drug-likeness (QED) is 0.830. The highest BCUT2D eigenvalue weighted by Crippen LogP contribution is 2.27. The van der Waals surface area contributed by atoms with E-state index < -0.39 is 0 Å². The molecule has 96 valence electrons. The highest BCUT2D eigenvalue weighted by molar-refractivity contribution is 5.90. The maximum absolute atomic E-state index is 5.28. The van der Waals surface area contributed by atoms with E-state index in [0.717, 1.165) is 41.4 Å². The van der Waals surface area contributed by atoms with Crippen LogP contribution >= 0.6 is 0 Å². The van der Waals surface area contributed by atoms with Gasteiger partial charge >= 0.3 is 0 Å². The van der Waals surface area contributed by atoms with E-state index in [2.05, 4.69) is 28.7 Å². The average Bonchev–Trinajstić information content (AvgIpc) is 2.39. The van der Waals surface area contributed by atoms with Crippen LogP contribution in [0.1, 0.15) is 19.7 Å². The van der Waals surface area contributed by atoms with Gasteiger partial charge < -0.3 is 9.64 Å². The van der Waals surface area contributed by atoms with Crippen LogP contribution in [-0.4, -0.2) is 30.2 Å². The van der Waals surface area contributed by atoms with Crippen LogP contribution in [-0.2, 0) is 0 Å². The molecule has 0 radical (unpaired) electrons. The van der Waals surface area contributed by atoms with Gasteiger partial charge in [-0.1, -0.05) is 0 Å². The van der Waals surface area contributed by atoms with E-state index in [1.165, 1.54) is 0 Å². The third kappa shape index (κ3) is 2.23. The maximum Gasteiger partial charge on any atom is 0.140 e. The van der Waals surface area contributed by atoms with Crippen molar-refractivity contribution in [3.8, 4) is 5.75 Å². The number of hydrogen-bond acceptors (Lipinski definition) is 4. The van der Waals surface area contributed by atoms with Crippen LogP contribution in [0.5, 0.6) is 5.75 Å². The summed E-state index contributed by atoms with van der Waals surface area (Å²) in [6.07, 6.45) is 0. The van der Waals surface area contributed by atoms with E-state index in [1.807, 2.05) is 25.1 Å². The smallest absolute Gasteiger partial charge is 0.140 e. The summed E-state index contributed by atoms with van der Waals surface area (Å²) in [6.45, 7) is 8.05. The largest absolute Gasteiger partial charge is 0.497 e. The topological polar surface area (TPSA) is 38.2 Å². The van der Waals surface area contributed by atoms with Crippen molar-refractivity contribution >= 4 is 16.7 Å². The second-order valence-electron chi connectivity index (χ2n) is 4.15. The standard InChI is InChI=1S/C14H19N3O/c1-5-17(6-2)14-12-9-11(18-4)7-8-13(12)15-10(3)16-14/h7-9H,5-6H2,1-4H3. The summed E-state index contributed by atoms with van der Waals surface area (Å²) < 4.78 is 5.28. The molecule has 0 saturated heterocycles. The molecule has 0 N–H and O–H groups in total. The molecule has 0 aliphatic heterocycles. The lowest BCUT2D eigenvalue weighted by molar-refractivity contribution is 0.415. The van der Waals surface area contributed by atoms with Gasteiger partial charge in [0.15, 0.2) is 0 Å². The Kier molecular flexibility index (Phi) is 3.65. The highest BCUT2D eigenvalue weighted by atomic mass is 16.5. The lowest BCUT2D eigenvalue weighted by Gasteiger charge is -2.21. The number of methoxy groups -OCH3 is 1. The third-order valence-electron chi connectivity index (χ3n) is 3.06. The lowest BCUT2D eigenvalue weighted by atomic mass is 10.2. The zero-order valence-electron chi connectivity index (χ0n) is 11.4. The minimum atomic E-state index is 0.801. The molecule has 0 amide bonds. The summed E-state index contributed by atoms with van der Waals surface area (Å²) in [7, 11) is 1.67. The maximum atomic E-state index is 5.28. The van der Waals surface area contributed by atoms with Crippen molar-refractivity contribution in [3.63, 3.8) is 0 Å². The number of hydrogen-bond donors (Lipinski definition) is 0. The number of rotatable bonds is 4. The minimum Gasteiger partial charge on any atom is -0.497 e. The predicted octanol–water partition coefficient (Wildman–Crippen LogP) is 2.79. The summed E-state index contributed by atoms with van der Waals surface area (Å²) in [5, 5.41) is 1.05. The van der Waals surface area contributed by atoms with Crippen molar-refractivity contribution in [2.75, 3.05) is 25.1 Å². The van der Waals surface area contributed by atoms with Gasteiger partial charge in [0, 0.05) is 18.5 Å². The third-order valence-corrected chi connectivity index (χ3v) is 3.06. The second kappa shape index (κ2) is 5.21. The number of aryl methyl sites for hydroxylation is 1. The predicted molar refractivity (Wildman–Crippen MR) is 74.4 cm³/mol. The van der Waals surface area contributed by atoms with Gasteiger partial charge in [0.25, 0.3) is 0 Å². The normalized spacial score (nSPS) is 10.7. The van der Waals surface area contributed by atoms with Crippen molar-refractivity contribution < 1.29 is 4.74 Å². The first-order valence-corrected chi connectivity index (χ1v) is 6.27. The van der Waals surface area contributed by atoms with Crippen LogP contribution < -0.4 is 9.64 Å². The Morgan fingerprint density at radius 3 is 2.50 bits per heavy atom. The fourth-order valence-electron chi connectivity index (χ4n) is 2.10. The first-order valence-electron chi connectivity index (χ1n) is 6.27. The van der Waals surface area contributed by atoms with E-state index in [0.29, 0.717) is 0 Å². The fourth-order valence-corrected chi connectivity index (χ4v) is 2.10. The molecule has 1 aromatic carbocycles. The number of anilines is 1. The lowest BCUT2D eigenvalue weighted by Crippen LogP contribution is -2.23. The van der Waals surface area contributed by atoms with Gasteiger partial charge in [-0.05, 0) is 39.0 Å². The van der Waals surface area contributed by atoms with Crippen LogP contribution in [0.2, 0.25) is 0 Å². The van der Waals surface area contributed by atoms with E-state index in [9.17, 15) is 0 Å². The molecule has 0 aliphatic rings. The van der Waals surface area contributed by atoms with E-state index in [4.69, 9.17) is 4.74 Å². The summed E-state index contributed by atoms with van der Waals surface area (Å²) in [5.74, 6) is 2.62. The molecule has 2 aromatic rings. The first-order chi connectivity index (χ1) is 8.69. The van der Waals surface area contributed by atoms with Crippen LogP contribution in [0.4, 0.5) is 5.82 Å². The minimum absolute atomic E-state index is 0.801. The Morgan fingerprint density at radius 1 is 1.17 bits per heavy atom. The molecule has 1 heterocycles. The van der Waals surface area contributed by atoms with Crippen molar-refractivity contribution in [1.29, 1.82) is 0 Å². The Bertz CT molecular complexity index is 550. The van der Waals surface area contributed by atoms with Crippen LogP contribution in [0.25, 0.3) is 10.9 Å². The van der Waals surface area contributed by atoms with E-state index in [1.54, 1.807) is 7.11 Å². The van der Waals surface area contributed by atoms with Crippen molar-refractivity contribution in [3.05, 3.63) is 24.0 Å². The molecule has 0 unspecified atom stereocenters. The monoisotopic (exact) mass is 245 g/mol. The molecular weight excluding hydrogens is 226 g/mol. The van der Waals surface area contributed by atoms with Gasteiger partial charge in [-0.3, -0.25) is 0 Å². The number of fused-ring (bicyclic) bond motifs is 1. The number of aromatic nitrogens is 2. The number of benzene rings is 1. The first kappa shape index (κ1) is 12.6. The molecule has 4 nitrogen and oxygen atoms in total. The van der Waals surface area contributed by atoms with E-state index in [-0.39, 0.29) is 0 Å². The Labute approximate surface area is 108 Å².